The summed E-state index contributed by atoms with van der Waals surface area (Å²) < 4.78 is 7.86. The number of hydrogen-bond acceptors (Lipinski definition) is 4. The number of hydrogen-bond donors (Lipinski definition) is 1. The first-order valence-corrected chi connectivity index (χ1v) is 12.2. The number of ether oxygens (including phenoxy) is 1. The minimum absolute atomic E-state index is 0.0669. The maximum absolute atomic E-state index is 6.38. The highest BCUT2D eigenvalue weighted by Crippen LogP contribution is 2.43. The fourth-order valence-corrected chi connectivity index (χ4v) is 5.37. The summed E-state index contributed by atoms with van der Waals surface area (Å²) in [6.07, 6.45) is 5.49. The van der Waals surface area contributed by atoms with Crippen molar-refractivity contribution in [2.45, 2.75) is 32.5 Å². The predicted octanol–water partition coefficient (Wildman–Crippen LogP) is 5.72. The minimum atomic E-state index is -0.101. The lowest BCUT2D eigenvalue weighted by Gasteiger charge is -2.28. The molecule has 1 aliphatic rings. The van der Waals surface area contributed by atoms with Gasteiger partial charge in [-0.05, 0) is 79.7 Å². The summed E-state index contributed by atoms with van der Waals surface area (Å²) in [7, 11) is 1.67. The Morgan fingerprint density at radius 2 is 1.94 bits per heavy atom. The van der Waals surface area contributed by atoms with Crippen LogP contribution in [0.3, 0.4) is 0 Å². The first-order chi connectivity index (χ1) is 17.0. The van der Waals surface area contributed by atoms with Gasteiger partial charge in [0.2, 0.25) is 0 Å². The number of thiocarbonyl (C=S) groups is 1. The van der Waals surface area contributed by atoms with Crippen LogP contribution < -0.4 is 10.1 Å². The third-order valence-electron chi connectivity index (χ3n) is 6.44. The second-order valence-corrected chi connectivity index (χ2v) is 9.42. The number of benzene rings is 1. The monoisotopic (exact) mass is 503 g/mol. The molecule has 4 heterocycles. The Hall–Kier alpha value is -3.42. The molecule has 1 aliphatic heterocycles. The van der Waals surface area contributed by atoms with Gasteiger partial charge in [0.15, 0.2) is 5.11 Å². The van der Waals surface area contributed by atoms with Gasteiger partial charge in [-0.3, -0.25) is 9.97 Å². The molecule has 6 nitrogen and oxygen atoms in total. The molecule has 1 fully saturated rings. The third-order valence-corrected chi connectivity index (χ3v) is 7.03. The van der Waals surface area contributed by atoms with E-state index < -0.39 is 0 Å². The third kappa shape index (κ3) is 4.37. The lowest BCUT2D eigenvalue weighted by Crippen LogP contribution is -2.29. The number of methoxy groups -OCH3 is 1. The van der Waals surface area contributed by atoms with Gasteiger partial charge in [-0.15, -0.1) is 0 Å². The van der Waals surface area contributed by atoms with Crippen LogP contribution >= 0.6 is 23.8 Å². The summed E-state index contributed by atoms with van der Waals surface area (Å²) in [5, 5.41) is 4.89. The Morgan fingerprint density at radius 1 is 1.09 bits per heavy atom. The number of pyridine rings is 2. The largest absolute Gasteiger partial charge is 0.495 e. The molecule has 2 atom stereocenters. The van der Waals surface area contributed by atoms with Crippen molar-refractivity contribution in [1.29, 1.82) is 0 Å². The number of aryl methyl sites for hydroxylation is 1. The molecule has 0 bridgehead atoms. The van der Waals surface area contributed by atoms with E-state index in [0.717, 1.165) is 39.6 Å². The number of aromatic nitrogens is 3. The van der Waals surface area contributed by atoms with Crippen LogP contribution in [0.2, 0.25) is 5.02 Å². The van der Waals surface area contributed by atoms with Crippen LogP contribution in [0.5, 0.6) is 5.75 Å². The lowest BCUT2D eigenvalue weighted by molar-refractivity contribution is 0.310. The summed E-state index contributed by atoms with van der Waals surface area (Å²) in [5.74, 6) is 0.760. The summed E-state index contributed by atoms with van der Waals surface area (Å²) in [5.41, 5.74) is 6.28. The standard InChI is InChI=1S/C27H26ClN5OS/c1-17-13-21(18(2)33(17)23-14-20(28)9-10-24(23)34-3)26-25(22-8-4-5-12-30-22)31-27(35)32(26)16-19-7-6-11-29-15-19/h4-15,25-26H,16H2,1-3H3,(H,31,35)/t25-,26+/m0/s1. The quantitative estimate of drug-likeness (QED) is 0.340. The molecule has 0 radical (unpaired) electrons. The first kappa shape index (κ1) is 23.3. The van der Waals surface area contributed by atoms with E-state index in [2.05, 4.69) is 50.7 Å². The molecular weight excluding hydrogens is 478 g/mol. The van der Waals surface area contributed by atoms with Crippen LogP contribution in [-0.4, -0.2) is 31.7 Å². The van der Waals surface area contributed by atoms with Crippen molar-refractivity contribution in [3.63, 3.8) is 0 Å². The molecule has 0 unspecified atom stereocenters. The Bertz CT molecular complexity index is 1360. The molecule has 5 rings (SSSR count). The highest BCUT2D eigenvalue weighted by molar-refractivity contribution is 7.80. The average molecular weight is 504 g/mol. The Kier molecular flexibility index (Phi) is 6.45. The molecular formula is C27H26ClN5OS. The Morgan fingerprint density at radius 3 is 2.66 bits per heavy atom. The van der Waals surface area contributed by atoms with Gasteiger partial charge in [-0.25, -0.2) is 0 Å². The SMILES string of the molecule is COc1ccc(Cl)cc1-n1c(C)cc([C@@H]2[C@H](c3ccccn3)NC(=S)N2Cc2cccnc2)c1C. The number of halogens is 1. The molecule has 4 aromatic rings. The van der Waals surface area contributed by atoms with E-state index in [1.807, 2.05) is 54.9 Å². The highest BCUT2D eigenvalue weighted by atomic mass is 35.5. The van der Waals surface area contributed by atoms with Crippen LogP contribution in [-0.2, 0) is 6.54 Å². The summed E-state index contributed by atoms with van der Waals surface area (Å²) >= 11 is 12.2. The van der Waals surface area contributed by atoms with E-state index in [1.54, 1.807) is 13.3 Å². The van der Waals surface area contributed by atoms with Gasteiger partial charge in [0.1, 0.15) is 5.75 Å². The number of nitrogens with one attached hydrogen (secondary N) is 1. The maximum atomic E-state index is 6.38. The number of nitrogens with zero attached hydrogens (tertiary/aromatic N) is 4. The van der Waals surface area contributed by atoms with Crippen LogP contribution in [0, 0.1) is 13.8 Å². The molecule has 1 N–H and O–H groups in total. The van der Waals surface area contributed by atoms with Crippen molar-refractivity contribution in [3.8, 4) is 11.4 Å². The predicted molar refractivity (Wildman–Crippen MR) is 142 cm³/mol. The second-order valence-electron chi connectivity index (χ2n) is 8.59. The summed E-state index contributed by atoms with van der Waals surface area (Å²) in [6, 6.07) is 17.7. The van der Waals surface area contributed by atoms with Crippen molar-refractivity contribution in [2.75, 3.05) is 7.11 Å². The summed E-state index contributed by atoms with van der Waals surface area (Å²) in [4.78, 5) is 11.2. The second kappa shape index (κ2) is 9.68. The smallest absolute Gasteiger partial charge is 0.170 e. The molecule has 0 spiro atoms. The van der Waals surface area contributed by atoms with Gasteiger partial charge in [-0.2, -0.15) is 0 Å². The topological polar surface area (TPSA) is 55.2 Å². The van der Waals surface area contributed by atoms with E-state index in [1.165, 1.54) is 0 Å². The fraction of sp³-hybridized carbons (Fsp3) is 0.222. The molecule has 0 aliphatic carbocycles. The van der Waals surface area contributed by atoms with E-state index in [-0.39, 0.29) is 12.1 Å². The van der Waals surface area contributed by atoms with Gasteiger partial charge < -0.3 is 19.5 Å². The van der Waals surface area contributed by atoms with Gasteiger partial charge in [0.25, 0.3) is 0 Å². The molecule has 0 amide bonds. The molecule has 0 saturated carbocycles. The van der Waals surface area contributed by atoms with Crippen LogP contribution in [0.4, 0.5) is 0 Å². The minimum Gasteiger partial charge on any atom is -0.495 e. The van der Waals surface area contributed by atoms with Crippen molar-refractivity contribution >= 4 is 28.9 Å². The van der Waals surface area contributed by atoms with Gasteiger partial charge in [-0.1, -0.05) is 23.7 Å². The highest BCUT2D eigenvalue weighted by Gasteiger charge is 2.41. The van der Waals surface area contributed by atoms with Gasteiger partial charge in [0, 0.05) is 41.5 Å². The van der Waals surface area contributed by atoms with Crippen molar-refractivity contribution in [3.05, 3.63) is 106 Å². The zero-order chi connectivity index (χ0) is 24.5. The Balaban J connectivity index is 1.65. The van der Waals surface area contributed by atoms with E-state index in [4.69, 9.17) is 28.6 Å². The van der Waals surface area contributed by atoms with Gasteiger partial charge in [0.05, 0.1) is 30.6 Å². The fourth-order valence-electron chi connectivity index (χ4n) is 4.90. The first-order valence-electron chi connectivity index (χ1n) is 11.4. The maximum Gasteiger partial charge on any atom is 0.170 e. The lowest BCUT2D eigenvalue weighted by atomic mass is 9.96. The van der Waals surface area contributed by atoms with Crippen molar-refractivity contribution in [1.82, 2.24) is 24.8 Å². The van der Waals surface area contributed by atoms with Gasteiger partial charge >= 0.3 is 0 Å². The van der Waals surface area contributed by atoms with Crippen LogP contribution in [0.1, 0.15) is 40.3 Å². The molecule has 1 aromatic carbocycles. The zero-order valence-electron chi connectivity index (χ0n) is 19.8. The van der Waals surface area contributed by atoms with Crippen LogP contribution in [0.25, 0.3) is 5.69 Å². The number of rotatable bonds is 6. The van der Waals surface area contributed by atoms with Crippen LogP contribution in [0.15, 0.2) is 73.2 Å². The molecule has 1 saturated heterocycles. The normalized spacial score (nSPS) is 17.5. The zero-order valence-corrected chi connectivity index (χ0v) is 21.3. The van der Waals surface area contributed by atoms with E-state index in [0.29, 0.717) is 16.7 Å². The molecule has 35 heavy (non-hydrogen) atoms. The average Bonchev–Trinajstić information content (AvgIpc) is 3.35. The Labute approximate surface area is 215 Å². The molecule has 8 heteroatoms. The van der Waals surface area contributed by atoms with Crippen molar-refractivity contribution in [2.24, 2.45) is 0 Å². The molecule has 3 aromatic heterocycles. The summed E-state index contributed by atoms with van der Waals surface area (Å²) in [6.45, 7) is 4.86. The van der Waals surface area contributed by atoms with E-state index >= 15 is 0 Å². The van der Waals surface area contributed by atoms with Crippen molar-refractivity contribution < 1.29 is 4.74 Å². The molecule has 178 valence electrons. The van der Waals surface area contributed by atoms with E-state index in [9.17, 15) is 0 Å².